The van der Waals surface area contributed by atoms with Gasteiger partial charge in [-0.05, 0) is 26.0 Å². The average molecular weight is 435 g/mol. The minimum absolute atomic E-state index is 0.0516. The van der Waals surface area contributed by atoms with E-state index >= 15 is 0 Å². The van der Waals surface area contributed by atoms with Gasteiger partial charge in [0.05, 0.1) is 13.2 Å². The molecule has 10 heteroatoms. The van der Waals surface area contributed by atoms with Gasteiger partial charge in [0.15, 0.2) is 11.3 Å². The van der Waals surface area contributed by atoms with Crippen LogP contribution in [0.15, 0.2) is 30.3 Å². The number of ether oxygens (including phenoxy) is 1. The van der Waals surface area contributed by atoms with Crippen molar-refractivity contribution in [1.82, 2.24) is 14.8 Å². The second kappa shape index (κ2) is 7.14. The summed E-state index contributed by atoms with van der Waals surface area (Å²) in [7, 11) is 0. The molecule has 4 rings (SSSR count). The van der Waals surface area contributed by atoms with Gasteiger partial charge in [-0.15, -0.1) is 0 Å². The molecule has 1 N–H and O–H groups in total. The number of ketones is 1. The van der Waals surface area contributed by atoms with Crippen LogP contribution in [0.4, 0.5) is 18.0 Å². The van der Waals surface area contributed by atoms with Crippen LogP contribution in [0, 0.1) is 13.8 Å². The topological polar surface area (TPSA) is 80.6 Å². The molecule has 0 bridgehead atoms. The molecule has 1 saturated heterocycles. The van der Waals surface area contributed by atoms with E-state index in [0.29, 0.717) is 11.3 Å². The molecule has 1 unspecified atom stereocenters. The Bertz CT molecular complexity index is 1090. The maximum Gasteiger partial charge on any atom is 0.406 e. The van der Waals surface area contributed by atoms with Gasteiger partial charge in [0, 0.05) is 28.9 Å². The van der Waals surface area contributed by atoms with Crippen LogP contribution in [0.25, 0.3) is 0 Å². The molecule has 0 radical (unpaired) electrons. The van der Waals surface area contributed by atoms with Crippen LogP contribution in [0.3, 0.4) is 0 Å². The zero-order valence-electron chi connectivity index (χ0n) is 16.9. The van der Waals surface area contributed by atoms with Gasteiger partial charge in [0.1, 0.15) is 12.3 Å². The zero-order valence-corrected chi connectivity index (χ0v) is 16.9. The van der Waals surface area contributed by atoms with E-state index in [4.69, 9.17) is 4.74 Å². The van der Waals surface area contributed by atoms with Crippen molar-refractivity contribution >= 4 is 17.7 Å². The van der Waals surface area contributed by atoms with Gasteiger partial charge in [-0.2, -0.15) is 13.2 Å². The Morgan fingerprint density at radius 2 is 1.94 bits per heavy atom. The number of aryl methyl sites for hydroxylation is 1. The van der Waals surface area contributed by atoms with E-state index in [1.54, 1.807) is 24.3 Å². The van der Waals surface area contributed by atoms with Crippen molar-refractivity contribution in [3.05, 3.63) is 52.8 Å². The Balaban J connectivity index is 1.60. The molecule has 2 aliphatic rings. The highest BCUT2D eigenvalue weighted by Gasteiger charge is 2.55. The fourth-order valence-electron chi connectivity index (χ4n) is 4.25. The lowest BCUT2D eigenvalue weighted by Crippen LogP contribution is -2.47. The number of aromatic nitrogens is 1. The number of nitrogens with one attached hydrogen (secondary N) is 1. The monoisotopic (exact) mass is 435 g/mol. The molecule has 7 nitrogen and oxygen atoms in total. The van der Waals surface area contributed by atoms with Crippen molar-refractivity contribution in [2.45, 2.75) is 38.5 Å². The number of benzene rings is 1. The maximum atomic E-state index is 13.2. The highest BCUT2D eigenvalue weighted by Crippen LogP contribution is 2.41. The second-order valence-corrected chi connectivity index (χ2v) is 7.73. The number of Topliss-reactive ketones (excluding diaryl/α,β-unsaturated/α-hetero) is 1. The van der Waals surface area contributed by atoms with E-state index in [0.717, 1.165) is 9.47 Å². The van der Waals surface area contributed by atoms with Gasteiger partial charge in [-0.1, -0.05) is 18.2 Å². The number of fused-ring (bicyclic) bond motifs is 2. The Kier molecular flexibility index (Phi) is 4.83. The molecule has 3 heterocycles. The lowest BCUT2D eigenvalue weighted by Gasteiger charge is -2.33. The Hall–Kier alpha value is -3.30. The fourth-order valence-corrected chi connectivity index (χ4v) is 4.25. The SMILES string of the molecule is Cc1cc(C(=O)CN2C(=O)NC3(CCOc4ccccc43)C2=O)c(C)n1CC(F)(F)F. The van der Waals surface area contributed by atoms with E-state index in [9.17, 15) is 27.6 Å². The van der Waals surface area contributed by atoms with E-state index in [2.05, 4.69) is 5.32 Å². The number of alkyl halides is 3. The predicted molar refractivity (Wildman–Crippen MR) is 103 cm³/mol. The van der Waals surface area contributed by atoms with Gasteiger partial charge < -0.3 is 14.6 Å². The third-order valence-electron chi connectivity index (χ3n) is 5.77. The summed E-state index contributed by atoms with van der Waals surface area (Å²) in [5, 5.41) is 2.70. The first-order valence-electron chi connectivity index (χ1n) is 9.66. The molecule has 1 aromatic heterocycles. The summed E-state index contributed by atoms with van der Waals surface area (Å²) in [4.78, 5) is 39.6. The van der Waals surface area contributed by atoms with Gasteiger partial charge in [0.2, 0.25) is 0 Å². The minimum Gasteiger partial charge on any atom is -0.493 e. The first-order valence-corrected chi connectivity index (χ1v) is 9.66. The van der Waals surface area contributed by atoms with Crippen LogP contribution in [-0.2, 0) is 16.9 Å². The Morgan fingerprint density at radius 1 is 1.23 bits per heavy atom. The van der Waals surface area contributed by atoms with E-state index in [1.807, 2.05) is 0 Å². The van der Waals surface area contributed by atoms with Gasteiger partial charge >= 0.3 is 12.2 Å². The van der Waals surface area contributed by atoms with Gasteiger partial charge in [-0.25, -0.2) is 4.79 Å². The molecule has 1 fully saturated rings. The standard InChI is InChI=1S/C21H20F3N3O4/c1-12-9-14(13(2)27(12)11-21(22,23)24)16(28)10-26-18(29)20(25-19(26)30)7-8-31-17-6-4-3-5-15(17)20/h3-6,9H,7-8,10-11H2,1-2H3,(H,25,30). The number of carbonyl (C=O) groups excluding carboxylic acids is 3. The van der Waals surface area contributed by atoms with Crippen LogP contribution in [0.1, 0.15) is 33.7 Å². The summed E-state index contributed by atoms with van der Waals surface area (Å²) < 4.78 is 45.1. The zero-order chi connectivity index (χ0) is 22.6. The van der Waals surface area contributed by atoms with E-state index in [1.165, 1.54) is 19.9 Å². The van der Waals surface area contributed by atoms with Crippen LogP contribution in [0.5, 0.6) is 5.75 Å². The first-order chi connectivity index (χ1) is 14.5. The number of amides is 3. The lowest BCUT2D eigenvalue weighted by atomic mass is 9.84. The molecule has 31 heavy (non-hydrogen) atoms. The molecule has 0 saturated carbocycles. The number of hydrogen-bond donors (Lipinski definition) is 1. The molecule has 2 aromatic rings. The van der Waals surface area contributed by atoms with Crippen molar-refractivity contribution in [2.75, 3.05) is 13.2 Å². The largest absolute Gasteiger partial charge is 0.493 e. The number of hydrogen-bond acceptors (Lipinski definition) is 4. The third kappa shape index (κ3) is 3.45. The Labute approximate surface area is 175 Å². The van der Waals surface area contributed by atoms with Crippen LogP contribution < -0.4 is 10.1 Å². The lowest BCUT2D eigenvalue weighted by molar-refractivity contribution is -0.141. The number of carbonyl (C=O) groups is 3. The number of nitrogens with zero attached hydrogens (tertiary/aromatic N) is 2. The van der Waals surface area contributed by atoms with E-state index in [-0.39, 0.29) is 30.0 Å². The molecular formula is C21H20F3N3O4. The maximum absolute atomic E-state index is 13.2. The van der Waals surface area contributed by atoms with Crippen molar-refractivity contribution in [3.63, 3.8) is 0 Å². The summed E-state index contributed by atoms with van der Waals surface area (Å²) in [6.07, 6.45) is -4.23. The first kappa shape index (κ1) is 21.0. The summed E-state index contributed by atoms with van der Waals surface area (Å²) in [5.74, 6) is -0.709. The summed E-state index contributed by atoms with van der Waals surface area (Å²) in [6.45, 7) is 1.31. The normalized spacial score (nSPS) is 20.6. The van der Waals surface area contributed by atoms with Crippen molar-refractivity contribution in [2.24, 2.45) is 0 Å². The summed E-state index contributed by atoms with van der Waals surface area (Å²) >= 11 is 0. The number of halogens is 3. The highest BCUT2D eigenvalue weighted by molar-refractivity contribution is 6.12. The summed E-state index contributed by atoms with van der Waals surface area (Å²) in [5.41, 5.74) is -0.351. The van der Waals surface area contributed by atoms with Crippen LogP contribution in [-0.4, -0.2) is 46.5 Å². The molecule has 1 atom stereocenters. The predicted octanol–water partition coefficient (Wildman–Crippen LogP) is 3.08. The molecule has 2 aliphatic heterocycles. The third-order valence-corrected chi connectivity index (χ3v) is 5.77. The minimum atomic E-state index is -4.44. The second-order valence-electron chi connectivity index (χ2n) is 7.73. The smallest absolute Gasteiger partial charge is 0.406 e. The van der Waals surface area contributed by atoms with Gasteiger partial charge in [-0.3, -0.25) is 14.5 Å². The quantitative estimate of drug-likeness (QED) is 0.591. The van der Waals surface area contributed by atoms with Gasteiger partial charge in [0.25, 0.3) is 5.91 Å². The molecule has 164 valence electrons. The summed E-state index contributed by atoms with van der Waals surface area (Å²) in [6, 6.07) is 7.47. The number of urea groups is 1. The van der Waals surface area contributed by atoms with E-state index < -0.39 is 42.5 Å². The molecular weight excluding hydrogens is 415 g/mol. The molecule has 1 spiro atoms. The van der Waals surface area contributed by atoms with Crippen LogP contribution in [0.2, 0.25) is 0 Å². The number of imide groups is 1. The number of rotatable bonds is 4. The highest BCUT2D eigenvalue weighted by atomic mass is 19.4. The van der Waals surface area contributed by atoms with Crippen molar-refractivity contribution in [3.8, 4) is 5.75 Å². The van der Waals surface area contributed by atoms with Crippen LogP contribution >= 0.6 is 0 Å². The van der Waals surface area contributed by atoms with Crippen molar-refractivity contribution in [1.29, 1.82) is 0 Å². The Morgan fingerprint density at radius 3 is 2.65 bits per heavy atom. The fraction of sp³-hybridized carbons (Fsp3) is 0.381. The van der Waals surface area contributed by atoms with Crippen molar-refractivity contribution < 1.29 is 32.3 Å². The molecule has 0 aliphatic carbocycles. The molecule has 3 amide bonds. The number of para-hydroxylation sites is 1. The molecule has 1 aromatic carbocycles. The average Bonchev–Trinajstić information content (AvgIpc) is 3.10.